The summed E-state index contributed by atoms with van der Waals surface area (Å²) in [6.45, 7) is 0. The van der Waals surface area contributed by atoms with Crippen LogP contribution in [0.2, 0.25) is 0 Å². The molecule has 1 amide bonds. The SMILES string of the molecule is O=C(O)NC1CC(NS(=O)(=O)c2ccc(Br)cc2)C1. The minimum atomic E-state index is -3.54. The first-order valence-corrected chi connectivity index (χ1v) is 7.92. The van der Waals surface area contributed by atoms with Gasteiger partial charge < -0.3 is 10.4 Å². The second-order valence-corrected chi connectivity index (χ2v) is 7.02. The van der Waals surface area contributed by atoms with Crippen molar-refractivity contribution in [3.8, 4) is 0 Å². The van der Waals surface area contributed by atoms with E-state index >= 15 is 0 Å². The summed E-state index contributed by atoms with van der Waals surface area (Å²) in [6, 6.07) is 5.95. The Labute approximate surface area is 119 Å². The number of rotatable bonds is 4. The van der Waals surface area contributed by atoms with E-state index in [1.807, 2.05) is 0 Å². The predicted octanol–water partition coefficient (Wildman–Crippen LogP) is 1.53. The maximum absolute atomic E-state index is 12.0. The first-order valence-electron chi connectivity index (χ1n) is 5.64. The fourth-order valence-electron chi connectivity index (χ4n) is 1.91. The molecule has 104 valence electrons. The Morgan fingerprint density at radius 1 is 1.21 bits per heavy atom. The average molecular weight is 349 g/mol. The average Bonchev–Trinajstić information content (AvgIpc) is 2.26. The molecule has 1 saturated carbocycles. The molecular weight excluding hydrogens is 336 g/mol. The first kappa shape index (κ1) is 14.3. The zero-order valence-electron chi connectivity index (χ0n) is 9.84. The van der Waals surface area contributed by atoms with Crippen molar-refractivity contribution in [3.63, 3.8) is 0 Å². The Morgan fingerprint density at radius 3 is 2.32 bits per heavy atom. The molecule has 0 saturated heterocycles. The second-order valence-electron chi connectivity index (χ2n) is 4.39. The molecule has 0 radical (unpaired) electrons. The Kier molecular flexibility index (Phi) is 4.12. The molecule has 0 unspecified atom stereocenters. The lowest BCUT2D eigenvalue weighted by Crippen LogP contribution is -2.53. The molecule has 1 fully saturated rings. The molecule has 0 atom stereocenters. The van der Waals surface area contributed by atoms with Crippen LogP contribution in [-0.4, -0.2) is 31.7 Å². The monoisotopic (exact) mass is 348 g/mol. The highest BCUT2D eigenvalue weighted by Gasteiger charge is 2.33. The van der Waals surface area contributed by atoms with Crippen molar-refractivity contribution in [2.75, 3.05) is 0 Å². The molecule has 1 aromatic carbocycles. The van der Waals surface area contributed by atoms with Gasteiger partial charge in [-0.05, 0) is 37.1 Å². The molecule has 0 heterocycles. The lowest BCUT2D eigenvalue weighted by atomic mass is 9.88. The third-order valence-electron chi connectivity index (χ3n) is 2.91. The molecular formula is C11H13BrN2O4S. The number of halogens is 1. The zero-order chi connectivity index (χ0) is 14.0. The molecule has 1 aliphatic carbocycles. The van der Waals surface area contributed by atoms with Gasteiger partial charge in [-0.3, -0.25) is 0 Å². The van der Waals surface area contributed by atoms with Crippen LogP contribution >= 0.6 is 15.9 Å². The molecule has 1 aromatic rings. The van der Waals surface area contributed by atoms with Crippen LogP contribution < -0.4 is 10.0 Å². The summed E-state index contributed by atoms with van der Waals surface area (Å²) in [5, 5.41) is 10.8. The summed E-state index contributed by atoms with van der Waals surface area (Å²) < 4.78 is 27.4. The fraction of sp³-hybridized carbons (Fsp3) is 0.364. The van der Waals surface area contributed by atoms with Crippen LogP contribution in [0.25, 0.3) is 0 Å². The molecule has 0 aliphatic heterocycles. The fourth-order valence-corrected chi connectivity index (χ4v) is 3.43. The number of hydrogen-bond donors (Lipinski definition) is 3. The third-order valence-corrected chi connectivity index (χ3v) is 4.98. The summed E-state index contributed by atoms with van der Waals surface area (Å²) in [4.78, 5) is 10.6. The smallest absolute Gasteiger partial charge is 0.404 e. The largest absolute Gasteiger partial charge is 0.465 e. The lowest BCUT2D eigenvalue weighted by Gasteiger charge is -2.35. The van der Waals surface area contributed by atoms with Gasteiger partial charge in [0.1, 0.15) is 0 Å². The summed E-state index contributed by atoms with van der Waals surface area (Å²) in [6.07, 6.45) is -0.136. The van der Waals surface area contributed by atoms with Gasteiger partial charge >= 0.3 is 6.09 Å². The van der Waals surface area contributed by atoms with Gasteiger partial charge in [0.25, 0.3) is 0 Å². The quantitative estimate of drug-likeness (QED) is 0.768. The van der Waals surface area contributed by atoms with E-state index in [4.69, 9.17) is 5.11 Å². The van der Waals surface area contributed by atoms with E-state index in [0.717, 1.165) is 4.47 Å². The highest BCUT2D eigenvalue weighted by Crippen LogP contribution is 2.23. The van der Waals surface area contributed by atoms with E-state index in [1.165, 1.54) is 12.1 Å². The Hall–Kier alpha value is -1.12. The van der Waals surface area contributed by atoms with E-state index in [0.29, 0.717) is 12.8 Å². The Morgan fingerprint density at radius 2 is 1.79 bits per heavy atom. The summed E-state index contributed by atoms with van der Waals surface area (Å²) >= 11 is 3.24. The van der Waals surface area contributed by atoms with E-state index in [2.05, 4.69) is 26.0 Å². The number of benzene rings is 1. The van der Waals surface area contributed by atoms with Crippen molar-refractivity contribution < 1.29 is 18.3 Å². The van der Waals surface area contributed by atoms with Gasteiger partial charge in [0, 0.05) is 16.6 Å². The van der Waals surface area contributed by atoms with Crippen LogP contribution in [0.3, 0.4) is 0 Å². The highest BCUT2D eigenvalue weighted by atomic mass is 79.9. The molecule has 2 rings (SSSR count). The summed E-state index contributed by atoms with van der Waals surface area (Å²) in [5.74, 6) is 0. The van der Waals surface area contributed by atoms with Crippen LogP contribution in [0, 0.1) is 0 Å². The standard InChI is InChI=1S/C11H13BrN2O4S/c12-7-1-3-10(4-2-7)19(17,18)14-9-5-8(6-9)13-11(15)16/h1-4,8-9,13-14H,5-6H2,(H,15,16). The van der Waals surface area contributed by atoms with Gasteiger partial charge in [-0.1, -0.05) is 15.9 Å². The van der Waals surface area contributed by atoms with Crippen molar-refractivity contribution in [1.82, 2.24) is 10.0 Å². The number of sulfonamides is 1. The number of carbonyl (C=O) groups is 1. The van der Waals surface area contributed by atoms with Gasteiger partial charge in [0.05, 0.1) is 4.90 Å². The van der Waals surface area contributed by atoms with E-state index in [9.17, 15) is 13.2 Å². The molecule has 1 aliphatic rings. The topological polar surface area (TPSA) is 95.5 Å². The summed E-state index contributed by atoms with van der Waals surface area (Å²) in [7, 11) is -3.54. The summed E-state index contributed by atoms with van der Waals surface area (Å²) in [5.41, 5.74) is 0. The van der Waals surface area contributed by atoms with E-state index in [-0.39, 0.29) is 17.0 Å². The van der Waals surface area contributed by atoms with Gasteiger partial charge in [-0.25, -0.2) is 17.9 Å². The van der Waals surface area contributed by atoms with Crippen molar-refractivity contribution in [3.05, 3.63) is 28.7 Å². The van der Waals surface area contributed by atoms with Crippen molar-refractivity contribution in [2.24, 2.45) is 0 Å². The van der Waals surface area contributed by atoms with Gasteiger partial charge in [0.15, 0.2) is 0 Å². The van der Waals surface area contributed by atoms with Gasteiger partial charge in [-0.15, -0.1) is 0 Å². The highest BCUT2D eigenvalue weighted by molar-refractivity contribution is 9.10. The molecule has 6 nitrogen and oxygen atoms in total. The van der Waals surface area contributed by atoms with Crippen molar-refractivity contribution in [2.45, 2.75) is 29.8 Å². The maximum atomic E-state index is 12.0. The number of hydrogen-bond acceptors (Lipinski definition) is 3. The first-order chi connectivity index (χ1) is 8.87. The molecule has 0 spiro atoms. The van der Waals surface area contributed by atoms with E-state index in [1.54, 1.807) is 12.1 Å². The lowest BCUT2D eigenvalue weighted by molar-refractivity contribution is 0.176. The molecule has 3 N–H and O–H groups in total. The van der Waals surface area contributed by atoms with Crippen LogP contribution in [0.4, 0.5) is 4.79 Å². The second kappa shape index (κ2) is 5.48. The van der Waals surface area contributed by atoms with Crippen molar-refractivity contribution >= 4 is 32.0 Å². The molecule has 0 bridgehead atoms. The van der Waals surface area contributed by atoms with Gasteiger partial charge in [0.2, 0.25) is 10.0 Å². The van der Waals surface area contributed by atoms with Crippen LogP contribution in [0.5, 0.6) is 0 Å². The minimum absolute atomic E-state index is 0.171. The maximum Gasteiger partial charge on any atom is 0.404 e. The van der Waals surface area contributed by atoms with Gasteiger partial charge in [-0.2, -0.15) is 0 Å². The third kappa shape index (κ3) is 3.68. The van der Waals surface area contributed by atoms with E-state index < -0.39 is 16.1 Å². The van der Waals surface area contributed by atoms with Crippen LogP contribution in [0.1, 0.15) is 12.8 Å². The van der Waals surface area contributed by atoms with Crippen LogP contribution in [0.15, 0.2) is 33.6 Å². The molecule has 0 aromatic heterocycles. The predicted molar refractivity (Wildman–Crippen MR) is 72.4 cm³/mol. The Balaban J connectivity index is 1.93. The zero-order valence-corrected chi connectivity index (χ0v) is 12.2. The Bertz CT molecular complexity index is 567. The number of nitrogens with one attached hydrogen (secondary N) is 2. The number of carboxylic acid groups (broad SMARTS) is 1. The molecule has 8 heteroatoms. The van der Waals surface area contributed by atoms with Crippen molar-refractivity contribution in [1.29, 1.82) is 0 Å². The normalized spacial score (nSPS) is 22.6. The minimum Gasteiger partial charge on any atom is -0.465 e. The van der Waals surface area contributed by atoms with Crippen LogP contribution in [-0.2, 0) is 10.0 Å². The molecule has 19 heavy (non-hydrogen) atoms. The number of amides is 1.